The number of fused-ring (bicyclic) bond motifs is 12. The molecule has 0 saturated heterocycles. The summed E-state index contributed by atoms with van der Waals surface area (Å²) >= 11 is 7.24. The van der Waals surface area contributed by atoms with Gasteiger partial charge in [-0.05, 0) is 179 Å². The second-order valence-electron chi connectivity index (χ2n) is 27.0. The molecule has 2 aliphatic heterocycles. The molecule has 8 heterocycles. The first-order valence-corrected chi connectivity index (χ1v) is 33.6. The summed E-state index contributed by atoms with van der Waals surface area (Å²) in [5, 5.41) is 16.6. The van der Waals surface area contributed by atoms with Gasteiger partial charge in [0.1, 0.15) is 11.2 Å². The first-order chi connectivity index (χ1) is 42.0. The molecule has 0 aliphatic carbocycles. The molecule has 9 aromatic carbocycles. The van der Waals surface area contributed by atoms with Crippen molar-refractivity contribution in [3.05, 3.63) is 220 Å². The van der Waals surface area contributed by atoms with E-state index in [1.165, 1.54) is 84.8 Å². The van der Waals surface area contributed by atoms with Gasteiger partial charge < -0.3 is 8.83 Å². The van der Waals surface area contributed by atoms with Crippen molar-refractivity contribution < 1.29 is 8.83 Å². The summed E-state index contributed by atoms with van der Waals surface area (Å²) in [6.45, 7) is 20.7. The largest absolute Gasteiger partial charge is 0.440 e. The van der Waals surface area contributed by atoms with Crippen molar-refractivity contribution in [3.63, 3.8) is 0 Å². The minimum absolute atomic E-state index is 0.129. The zero-order valence-corrected chi connectivity index (χ0v) is 53.3. The van der Waals surface area contributed by atoms with Crippen LogP contribution in [0.2, 0.25) is 0 Å². The van der Waals surface area contributed by atoms with Crippen LogP contribution in [0, 0.1) is 0 Å². The van der Waals surface area contributed by atoms with Crippen LogP contribution in [0.15, 0.2) is 212 Å². The molecule has 15 aromatic rings. The Bertz CT molecular complexity index is 4840. The topological polar surface area (TPSA) is 32.8 Å². The van der Waals surface area contributed by atoms with E-state index >= 15 is 0 Å². The van der Waals surface area contributed by atoms with Gasteiger partial charge in [0.05, 0.1) is 11.4 Å². The molecule has 0 amide bonds. The zero-order chi connectivity index (χ0) is 59.0. The fourth-order valence-electron chi connectivity index (χ4n) is 13.8. The number of hydrogen-bond acceptors (Lipinski definition) is 8. The van der Waals surface area contributed by atoms with Crippen molar-refractivity contribution in [2.75, 3.05) is 9.80 Å². The average Bonchev–Trinajstić information content (AvgIpc) is 1.65. The third kappa shape index (κ3) is 8.26. The van der Waals surface area contributed by atoms with Crippen molar-refractivity contribution >= 4 is 165 Å². The van der Waals surface area contributed by atoms with Gasteiger partial charge in [-0.2, -0.15) is 0 Å². The summed E-state index contributed by atoms with van der Waals surface area (Å²) in [6.07, 6.45) is 0. The minimum atomic E-state index is -0.289. The van der Waals surface area contributed by atoms with E-state index in [9.17, 15) is 0 Å². The van der Waals surface area contributed by atoms with Crippen molar-refractivity contribution in [3.8, 4) is 44.5 Å². The Balaban J connectivity index is 1.02. The van der Waals surface area contributed by atoms with Gasteiger partial charge >= 0.3 is 0 Å². The molecule has 0 saturated carbocycles. The number of furan rings is 2. The van der Waals surface area contributed by atoms with Gasteiger partial charge in [-0.3, -0.25) is 9.80 Å². The molecule has 2 aliphatic rings. The summed E-state index contributed by atoms with van der Waals surface area (Å²) < 4.78 is 20.4. The van der Waals surface area contributed by atoms with Gasteiger partial charge in [-0.1, -0.05) is 147 Å². The van der Waals surface area contributed by atoms with E-state index in [1.54, 1.807) is 0 Å². The lowest BCUT2D eigenvalue weighted by atomic mass is 9.33. The molecule has 0 unspecified atom stereocenters. The third-order valence-electron chi connectivity index (χ3n) is 18.4. The highest BCUT2D eigenvalue weighted by molar-refractivity contribution is 7.19. The predicted molar refractivity (Wildman–Crippen MR) is 379 cm³/mol. The molecule has 17 rings (SSSR count). The second kappa shape index (κ2) is 19.0. The first-order valence-electron chi connectivity index (χ1n) is 30.1. The maximum absolute atomic E-state index is 7.67. The molecule has 87 heavy (non-hydrogen) atoms. The molecule has 0 atom stereocenters. The Morgan fingerprint density at radius 1 is 0.322 bits per heavy atom. The second-order valence-corrected chi connectivity index (χ2v) is 30.6. The SMILES string of the molecule is CC(C)(C)c1cc2c3c(c1)N(c1cc(-c4csc5ccccc45)cc(-c4csc5ccccc45)c1)c1oc4ccc(C(C)(C)C)cc4c1B3c1c(oc3ccc(C(C)(C)C)cc13)N2c1cc(-c2csc3ccccc23)cc(-c2csc3ccccc23)c1. The summed E-state index contributed by atoms with van der Waals surface area (Å²) in [5.74, 6) is 1.66. The van der Waals surface area contributed by atoms with Crippen LogP contribution in [0.4, 0.5) is 34.5 Å². The highest BCUT2D eigenvalue weighted by atomic mass is 32.1. The van der Waals surface area contributed by atoms with Gasteiger partial charge in [0.2, 0.25) is 11.8 Å². The van der Waals surface area contributed by atoms with E-state index in [0.717, 1.165) is 89.6 Å². The summed E-state index contributed by atoms with van der Waals surface area (Å²) in [5.41, 5.74) is 22.3. The van der Waals surface area contributed by atoms with Crippen molar-refractivity contribution in [2.24, 2.45) is 0 Å². The van der Waals surface area contributed by atoms with Crippen LogP contribution in [0.1, 0.15) is 79.0 Å². The van der Waals surface area contributed by atoms with Gasteiger partial charge in [-0.15, -0.1) is 45.3 Å². The quantitative estimate of drug-likeness (QED) is 0.155. The van der Waals surface area contributed by atoms with Crippen LogP contribution in [0.5, 0.6) is 0 Å². The first kappa shape index (κ1) is 52.9. The van der Waals surface area contributed by atoms with Crippen LogP contribution in [0.25, 0.3) is 107 Å². The van der Waals surface area contributed by atoms with E-state index in [1.807, 2.05) is 45.3 Å². The van der Waals surface area contributed by atoms with Crippen LogP contribution in [-0.4, -0.2) is 6.71 Å². The number of thiophene rings is 4. The number of benzene rings is 9. The summed E-state index contributed by atoms with van der Waals surface area (Å²) in [7, 11) is 0. The molecular weight excluding hydrogens is 1140 g/mol. The number of anilines is 6. The zero-order valence-electron chi connectivity index (χ0n) is 50.1. The lowest BCUT2D eigenvalue weighted by Gasteiger charge is -2.42. The summed E-state index contributed by atoms with van der Waals surface area (Å²) in [6, 6.07) is 68.8. The number of hydrogen-bond donors (Lipinski definition) is 0. The summed E-state index contributed by atoms with van der Waals surface area (Å²) in [4.78, 5) is 5.02. The lowest BCUT2D eigenvalue weighted by molar-refractivity contribution is 0.588. The monoisotopic (exact) mass is 1200 g/mol. The molecule has 422 valence electrons. The van der Waals surface area contributed by atoms with Crippen LogP contribution in [0.3, 0.4) is 0 Å². The maximum Gasteiger partial charge on any atom is 0.262 e. The van der Waals surface area contributed by atoms with Crippen LogP contribution in [-0.2, 0) is 16.2 Å². The number of rotatable bonds is 6. The van der Waals surface area contributed by atoms with Gasteiger partial charge in [0, 0.05) is 95.7 Å². The van der Waals surface area contributed by atoms with Crippen LogP contribution >= 0.6 is 45.3 Å². The maximum atomic E-state index is 7.67. The molecule has 0 radical (unpaired) electrons. The van der Waals surface area contributed by atoms with E-state index in [4.69, 9.17) is 8.83 Å². The Hall–Kier alpha value is -8.44. The van der Waals surface area contributed by atoms with Crippen molar-refractivity contribution in [2.45, 2.75) is 78.6 Å². The van der Waals surface area contributed by atoms with Crippen molar-refractivity contribution in [1.82, 2.24) is 0 Å². The molecule has 9 heteroatoms. The normalized spacial score (nSPS) is 13.5. The van der Waals surface area contributed by atoms with E-state index in [-0.39, 0.29) is 23.0 Å². The molecule has 0 spiro atoms. The molecule has 4 nitrogen and oxygen atoms in total. The molecule has 0 bridgehead atoms. The molecule has 0 fully saturated rings. The smallest absolute Gasteiger partial charge is 0.262 e. The van der Waals surface area contributed by atoms with Gasteiger partial charge in [0.25, 0.3) is 6.71 Å². The van der Waals surface area contributed by atoms with E-state index < -0.39 is 0 Å². The third-order valence-corrected chi connectivity index (χ3v) is 22.3. The predicted octanol–water partition coefficient (Wildman–Crippen LogP) is 22.7. The Labute approximate surface area is 523 Å². The highest BCUT2D eigenvalue weighted by Gasteiger charge is 2.50. The minimum Gasteiger partial charge on any atom is -0.440 e. The Morgan fingerprint density at radius 3 is 0.966 bits per heavy atom. The molecule has 6 aromatic heterocycles. The van der Waals surface area contributed by atoms with E-state index in [2.05, 4.69) is 276 Å². The highest BCUT2D eigenvalue weighted by Crippen LogP contribution is 2.53. The fraction of sp³-hybridized carbons (Fsp3) is 0.154. The van der Waals surface area contributed by atoms with Gasteiger partial charge in [-0.25, -0.2) is 0 Å². The van der Waals surface area contributed by atoms with Crippen molar-refractivity contribution in [1.29, 1.82) is 0 Å². The standard InChI is InChI=1S/C78H61BN2O2S4/c1-76(2,3)48-26-28-65-57(36-48)71-74(82-65)80(51-32-44(59-40-84-67-22-14-10-18-53(59)67)30-45(33-51)60-41-85-68-23-15-11-19-54(60)68)63-38-50(78(7,8)9)39-64-73(63)79(71)72-58-37-49(77(4,5)6)27-29-66(58)83-75(72)81(64)52-34-46(61-42-86-69-24-16-12-20-55(61)69)31-47(35-52)62-43-87-70-25-17-13-21-56(62)70/h10-43H,1-9H3. The lowest BCUT2D eigenvalue weighted by Crippen LogP contribution is -2.61. The Kier molecular flexibility index (Phi) is 11.6. The fourth-order valence-corrected chi connectivity index (χ4v) is 17.7. The average molecular weight is 1200 g/mol. The number of nitrogens with zero attached hydrogens (tertiary/aromatic N) is 2. The van der Waals surface area contributed by atoms with E-state index in [0.29, 0.717) is 0 Å². The van der Waals surface area contributed by atoms with Crippen LogP contribution < -0.4 is 26.2 Å². The Morgan fingerprint density at radius 2 is 0.644 bits per heavy atom. The molecule has 0 N–H and O–H groups in total. The molecular formula is C78H61BN2O2S4. The van der Waals surface area contributed by atoms with Gasteiger partial charge in [0.15, 0.2) is 0 Å².